The number of carboxylic acids is 1. The van der Waals surface area contributed by atoms with Crippen LogP contribution in [0.2, 0.25) is 0 Å². The predicted molar refractivity (Wildman–Crippen MR) is 65.0 cm³/mol. The maximum atomic E-state index is 10.6. The van der Waals surface area contributed by atoms with E-state index >= 15 is 0 Å². The molecule has 0 atom stereocenters. The van der Waals surface area contributed by atoms with Gasteiger partial charge in [-0.15, -0.1) is 11.8 Å². The molecule has 0 spiro atoms. The lowest BCUT2D eigenvalue weighted by Gasteiger charge is -2.00. The van der Waals surface area contributed by atoms with E-state index in [9.17, 15) is 4.79 Å². The van der Waals surface area contributed by atoms with E-state index in [-0.39, 0.29) is 5.56 Å². The van der Waals surface area contributed by atoms with Gasteiger partial charge in [0.15, 0.2) is 0 Å². The Morgan fingerprint density at radius 3 is 2.71 bits per heavy atom. The first kappa shape index (κ1) is 11.6. The van der Waals surface area contributed by atoms with E-state index in [1.54, 1.807) is 18.3 Å². The predicted octanol–water partition coefficient (Wildman–Crippen LogP) is 2.47. The van der Waals surface area contributed by atoms with Gasteiger partial charge in [0.05, 0.1) is 16.3 Å². The summed E-state index contributed by atoms with van der Waals surface area (Å²) in [5, 5.41) is 9.52. The molecule has 86 valence electrons. The molecule has 0 bridgehead atoms. The number of rotatable bonds is 4. The van der Waals surface area contributed by atoms with Crippen LogP contribution in [0.4, 0.5) is 0 Å². The minimum absolute atomic E-state index is 0.201. The molecule has 0 saturated carbocycles. The van der Waals surface area contributed by atoms with Crippen LogP contribution in [0.3, 0.4) is 0 Å². The van der Waals surface area contributed by atoms with Crippen LogP contribution in [0.1, 0.15) is 16.1 Å². The molecule has 2 heterocycles. The summed E-state index contributed by atoms with van der Waals surface area (Å²) in [6.45, 7) is 0. The van der Waals surface area contributed by atoms with Crippen molar-refractivity contribution in [2.45, 2.75) is 10.8 Å². The quantitative estimate of drug-likeness (QED) is 0.839. The van der Waals surface area contributed by atoms with Crippen molar-refractivity contribution in [3.8, 4) is 0 Å². The monoisotopic (exact) mass is 246 g/mol. The number of thioether (sulfide) groups is 1. The molecule has 2 rings (SSSR count). The molecule has 2 aromatic heterocycles. The van der Waals surface area contributed by atoms with Gasteiger partial charge < -0.3 is 5.11 Å². The summed E-state index contributed by atoms with van der Waals surface area (Å²) < 4.78 is 0. The van der Waals surface area contributed by atoms with Gasteiger partial charge in [-0.25, -0.2) is 9.78 Å². The average Bonchev–Trinajstić information content (AvgIpc) is 2.38. The lowest BCUT2D eigenvalue weighted by Crippen LogP contribution is -1.96. The van der Waals surface area contributed by atoms with Crippen molar-refractivity contribution in [3.05, 3.63) is 54.0 Å². The second kappa shape index (κ2) is 5.45. The summed E-state index contributed by atoms with van der Waals surface area (Å²) >= 11 is 1.53. The molecule has 1 N–H and O–H groups in total. The second-order valence-corrected chi connectivity index (χ2v) is 4.30. The summed E-state index contributed by atoms with van der Waals surface area (Å²) in [7, 11) is 0. The molecule has 0 aliphatic heterocycles. The van der Waals surface area contributed by atoms with E-state index in [0.29, 0.717) is 0 Å². The van der Waals surface area contributed by atoms with Crippen LogP contribution in [0, 0.1) is 0 Å². The highest BCUT2D eigenvalue weighted by molar-refractivity contribution is 7.98. The molecule has 0 saturated heterocycles. The molecular weight excluding hydrogens is 236 g/mol. The lowest BCUT2D eigenvalue weighted by molar-refractivity contribution is 0.0696. The third kappa shape index (κ3) is 3.29. The third-order valence-corrected chi connectivity index (χ3v) is 3.05. The smallest absolute Gasteiger partial charge is 0.337 e. The van der Waals surface area contributed by atoms with Gasteiger partial charge in [0, 0.05) is 18.1 Å². The number of carbonyl (C=O) groups is 1. The molecule has 0 aliphatic carbocycles. The Morgan fingerprint density at radius 2 is 2.12 bits per heavy atom. The highest BCUT2D eigenvalue weighted by Gasteiger charge is 2.03. The Bertz CT molecular complexity index is 500. The molecule has 0 fully saturated rings. The van der Waals surface area contributed by atoms with Crippen LogP contribution in [0.25, 0.3) is 0 Å². The van der Waals surface area contributed by atoms with Crippen molar-refractivity contribution >= 4 is 17.7 Å². The average molecular weight is 246 g/mol. The van der Waals surface area contributed by atoms with E-state index in [2.05, 4.69) is 9.97 Å². The Morgan fingerprint density at radius 1 is 1.24 bits per heavy atom. The zero-order valence-corrected chi connectivity index (χ0v) is 9.72. The van der Waals surface area contributed by atoms with Crippen molar-refractivity contribution in [3.63, 3.8) is 0 Å². The highest BCUT2D eigenvalue weighted by atomic mass is 32.2. The van der Waals surface area contributed by atoms with Crippen molar-refractivity contribution in [2.24, 2.45) is 0 Å². The maximum absolute atomic E-state index is 10.6. The zero-order valence-electron chi connectivity index (χ0n) is 8.91. The van der Waals surface area contributed by atoms with Crippen LogP contribution in [-0.4, -0.2) is 21.0 Å². The molecule has 0 amide bonds. The van der Waals surface area contributed by atoms with Gasteiger partial charge >= 0.3 is 5.97 Å². The molecular formula is C12H10N2O2S. The van der Waals surface area contributed by atoms with Crippen molar-refractivity contribution in [1.29, 1.82) is 0 Å². The van der Waals surface area contributed by atoms with E-state index in [1.807, 2.05) is 18.2 Å². The summed E-state index contributed by atoms with van der Waals surface area (Å²) in [6, 6.07) is 9.00. The topological polar surface area (TPSA) is 63.1 Å². The standard InChI is InChI=1S/C12H10N2O2S/c15-12(16)9-4-5-11(14-7-9)17-8-10-3-1-2-6-13-10/h1-7H,8H2,(H,15,16). The second-order valence-electron chi connectivity index (χ2n) is 3.30. The number of carboxylic acid groups (broad SMARTS) is 1. The summed E-state index contributed by atoms with van der Waals surface area (Å²) in [4.78, 5) is 18.9. The fourth-order valence-corrected chi connectivity index (χ4v) is 1.98. The van der Waals surface area contributed by atoms with Gasteiger partial charge in [-0.2, -0.15) is 0 Å². The molecule has 5 heteroatoms. The minimum Gasteiger partial charge on any atom is -0.478 e. The molecule has 0 unspecified atom stereocenters. The first-order valence-electron chi connectivity index (χ1n) is 4.98. The first-order valence-corrected chi connectivity index (χ1v) is 5.96. The Labute approximate surface area is 103 Å². The van der Waals surface area contributed by atoms with Gasteiger partial charge in [-0.05, 0) is 24.3 Å². The third-order valence-electron chi connectivity index (χ3n) is 2.08. The van der Waals surface area contributed by atoms with Crippen LogP contribution in [-0.2, 0) is 5.75 Å². The molecule has 17 heavy (non-hydrogen) atoms. The van der Waals surface area contributed by atoms with Gasteiger partial charge in [-0.3, -0.25) is 4.98 Å². The van der Waals surface area contributed by atoms with Gasteiger partial charge in [-0.1, -0.05) is 6.07 Å². The summed E-state index contributed by atoms with van der Waals surface area (Å²) in [5.41, 5.74) is 1.17. The van der Waals surface area contributed by atoms with Crippen molar-refractivity contribution < 1.29 is 9.90 Å². The number of aromatic nitrogens is 2. The fourth-order valence-electron chi connectivity index (χ4n) is 1.22. The number of hydrogen-bond acceptors (Lipinski definition) is 4. The van der Waals surface area contributed by atoms with Crippen LogP contribution in [0.5, 0.6) is 0 Å². The molecule has 0 aromatic carbocycles. The number of hydrogen-bond donors (Lipinski definition) is 1. The van der Waals surface area contributed by atoms with Gasteiger partial charge in [0.1, 0.15) is 0 Å². The van der Waals surface area contributed by atoms with E-state index in [0.717, 1.165) is 16.5 Å². The molecule has 4 nitrogen and oxygen atoms in total. The first-order chi connectivity index (χ1) is 8.25. The maximum Gasteiger partial charge on any atom is 0.337 e. The van der Waals surface area contributed by atoms with Crippen molar-refractivity contribution in [1.82, 2.24) is 9.97 Å². The summed E-state index contributed by atoms with van der Waals surface area (Å²) in [5.74, 6) is -0.237. The van der Waals surface area contributed by atoms with E-state index < -0.39 is 5.97 Å². The largest absolute Gasteiger partial charge is 0.478 e. The Hall–Kier alpha value is -1.88. The molecule has 2 aromatic rings. The van der Waals surface area contributed by atoms with Crippen LogP contribution >= 0.6 is 11.8 Å². The molecule has 0 aliphatic rings. The van der Waals surface area contributed by atoms with Crippen LogP contribution in [0.15, 0.2) is 47.8 Å². The SMILES string of the molecule is O=C(O)c1ccc(SCc2ccccn2)nc1. The Balaban J connectivity index is 1.98. The number of pyridine rings is 2. The van der Waals surface area contributed by atoms with E-state index in [4.69, 9.17) is 5.11 Å². The van der Waals surface area contributed by atoms with Gasteiger partial charge in [0.25, 0.3) is 0 Å². The number of nitrogens with zero attached hydrogens (tertiary/aromatic N) is 2. The highest BCUT2D eigenvalue weighted by Crippen LogP contribution is 2.19. The fraction of sp³-hybridized carbons (Fsp3) is 0.0833. The molecule has 0 radical (unpaired) electrons. The van der Waals surface area contributed by atoms with Crippen molar-refractivity contribution in [2.75, 3.05) is 0 Å². The van der Waals surface area contributed by atoms with Gasteiger partial charge in [0.2, 0.25) is 0 Å². The zero-order chi connectivity index (χ0) is 12.1. The lowest BCUT2D eigenvalue weighted by atomic mass is 10.3. The normalized spacial score (nSPS) is 10.1. The Kier molecular flexibility index (Phi) is 3.72. The summed E-state index contributed by atoms with van der Waals surface area (Å²) in [6.07, 6.45) is 3.11. The van der Waals surface area contributed by atoms with Crippen LogP contribution < -0.4 is 0 Å². The minimum atomic E-state index is -0.959. The van der Waals surface area contributed by atoms with E-state index in [1.165, 1.54) is 18.0 Å². The number of aromatic carboxylic acids is 1.